The fourth-order valence-corrected chi connectivity index (χ4v) is 3.30. The van der Waals surface area contributed by atoms with Gasteiger partial charge < -0.3 is 4.90 Å². The van der Waals surface area contributed by atoms with Crippen LogP contribution in [0.4, 0.5) is 10.1 Å². The first-order valence-corrected chi connectivity index (χ1v) is 8.18. The Hall–Kier alpha value is -2.17. The summed E-state index contributed by atoms with van der Waals surface area (Å²) in [7, 11) is 1.87. The van der Waals surface area contributed by atoms with Crippen molar-refractivity contribution in [1.29, 1.82) is 0 Å². The summed E-state index contributed by atoms with van der Waals surface area (Å²) in [5, 5.41) is 4.13. The molecule has 0 radical (unpaired) electrons. The normalized spacial score (nSPS) is 15.0. The van der Waals surface area contributed by atoms with Crippen LogP contribution < -0.4 is 4.90 Å². The topological polar surface area (TPSA) is 38.1 Å². The van der Waals surface area contributed by atoms with Gasteiger partial charge in [-0.2, -0.15) is 5.10 Å². The maximum atomic E-state index is 13.2. The van der Waals surface area contributed by atoms with Gasteiger partial charge in [0.1, 0.15) is 5.82 Å². The van der Waals surface area contributed by atoms with Crippen LogP contribution in [-0.2, 0) is 18.3 Å². The number of rotatable bonds is 5. The van der Waals surface area contributed by atoms with Crippen LogP contribution in [0.3, 0.4) is 0 Å². The van der Waals surface area contributed by atoms with Gasteiger partial charge in [-0.05, 0) is 49.1 Å². The lowest BCUT2D eigenvalue weighted by Gasteiger charge is -2.29. The molecule has 0 aliphatic heterocycles. The molecule has 0 unspecified atom stereocenters. The van der Waals surface area contributed by atoms with E-state index in [4.69, 9.17) is 0 Å². The Morgan fingerprint density at radius 3 is 2.61 bits per heavy atom. The molecular formula is C18H22FN3O. The molecule has 0 spiro atoms. The third-order valence-corrected chi connectivity index (χ3v) is 4.45. The molecule has 5 heteroatoms. The van der Waals surface area contributed by atoms with E-state index in [1.165, 1.54) is 12.1 Å². The highest BCUT2D eigenvalue weighted by Gasteiger charge is 2.27. The standard InChI is InChI=1S/C18H22FN3O/c1-21-13-14(12-20-21)6-11-18(23)22(16-4-2-3-5-16)17-9-7-15(19)8-10-17/h7-10,12-13,16H,2-6,11H2,1H3. The van der Waals surface area contributed by atoms with Crippen molar-refractivity contribution in [3.05, 3.63) is 48.0 Å². The van der Waals surface area contributed by atoms with E-state index in [0.29, 0.717) is 12.8 Å². The molecular weight excluding hydrogens is 293 g/mol. The minimum absolute atomic E-state index is 0.104. The second-order valence-corrected chi connectivity index (χ2v) is 6.20. The minimum atomic E-state index is -0.275. The highest BCUT2D eigenvalue weighted by atomic mass is 19.1. The zero-order chi connectivity index (χ0) is 16.2. The molecule has 3 rings (SSSR count). The molecule has 0 saturated heterocycles. The number of aryl methyl sites for hydroxylation is 2. The number of benzene rings is 1. The summed E-state index contributed by atoms with van der Waals surface area (Å²) in [5.41, 5.74) is 1.86. The quantitative estimate of drug-likeness (QED) is 0.847. The number of aromatic nitrogens is 2. The Kier molecular flexibility index (Phi) is 4.74. The lowest BCUT2D eigenvalue weighted by molar-refractivity contribution is -0.119. The van der Waals surface area contributed by atoms with Gasteiger partial charge in [-0.15, -0.1) is 0 Å². The first kappa shape index (κ1) is 15.7. The fraction of sp³-hybridized carbons (Fsp3) is 0.444. The summed E-state index contributed by atoms with van der Waals surface area (Å²) < 4.78 is 14.9. The second kappa shape index (κ2) is 6.94. The van der Waals surface area contributed by atoms with Crippen LogP contribution in [0.2, 0.25) is 0 Å². The van der Waals surface area contributed by atoms with E-state index in [1.807, 2.05) is 18.1 Å². The highest BCUT2D eigenvalue weighted by Crippen LogP contribution is 2.29. The van der Waals surface area contributed by atoms with Crippen molar-refractivity contribution < 1.29 is 9.18 Å². The van der Waals surface area contributed by atoms with Gasteiger partial charge in [0.2, 0.25) is 5.91 Å². The molecule has 23 heavy (non-hydrogen) atoms. The van der Waals surface area contributed by atoms with Gasteiger partial charge >= 0.3 is 0 Å². The van der Waals surface area contributed by atoms with E-state index in [-0.39, 0.29) is 17.8 Å². The molecule has 1 aliphatic rings. The first-order chi connectivity index (χ1) is 11.1. The zero-order valence-electron chi connectivity index (χ0n) is 13.4. The maximum absolute atomic E-state index is 13.2. The van der Waals surface area contributed by atoms with Gasteiger partial charge in [0.05, 0.1) is 6.20 Å². The molecule has 1 aromatic carbocycles. The molecule has 0 N–H and O–H groups in total. The van der Waals surface area contributed by atoms with E-state index in [0.717, 1.165) is 36.9 Å². The molecule has 1 aliphatic carbocycles. The number of nitrogens with zero attached hydrogens (tertiary/aromatic N) is 3. The van der Waals surface area contributed by atoms with Crippen LogP contribution in [0.15, 0.2) is 36.7 Å². The lowest BCUT2D eigenvalue weighted by atomic mass is 10.1. The maximum Gasteiger partial charge on any atom is 0.227 e. The summed E-state index contributed by atoms with van der Waals surface area (Å²) >= 11 is 0. The molecule has 122 valence electrons. The largest absolute Gasteiger partial charge is 0.309 e. The average molecular weight is 315 g/mol. The van der Waals surface area contributed by atoms with Crippen molar-refractivity contribution in [3.8, 4) is 0 Å². The molecule has 1 heterocycles. The average Bonchev–Trinajstić information content (AvgIpc) is 3.19. The number of anilines is 1. The molecule has 0 atom stereocenters. The highest BCUT2D eigenvalue weighted by molar-refractivity contribution is 5.94. The first-order valence-electron chi connectivity index (χ1n) is 8.18. The molecule has 4 nitrogen and oxygen atoms in total. The third-order valence-electron chi connectivity index (χ3n) is 4.45. The van der Waals surface area contributed by atoms with Crippen molar-refractivity contribution >= 4 is 11.6 Å². The second-order valence-electron chi connectivity index (χ2n) is 6.20. The lowest BCUT2D eigenvalue weighted by Crippen LogP contribution is -2.39. The predicted molar refractivity (Wildman–Crippen MR) is 87.7 cm³/mol. The Morgan fingerprint density at radius 1 is 1.30 bits per heavy atom. The summed E-state index contributed by atoms with van der Waals surface area (Å²) in [6, 6.07) is 6.49. The van der Waals surface area contributed by atoms with Gasteiger partial charge in [-0.1, -0.05) is 12.8 Å². The molecule has 1 amide bonds. The van der Waals surface area contributed by atoms with E-state index >= 15 is 0 Å². The van der Waals surface area contributed by atoms with E-state index in [2.05, 4.69) is 5.10 Å². The van der Waals surface area contributed by atoms with E-state index < -0.39 is 0 Å². The van der Waals surface area contributed by atoms with Crippen LogP contribution in [0, 0.1) is 5.82 Å². The van der Waals surface area contributed by atoms with Gasteiger partial charge in [-0.3, -0.25) is 9.48 Å². The number of hydrogen-bond acceptors (Lipinski definition) is 2. The molecule has 1 fully saturated rings. The monoisotopic (exact) mass is 315 g/mol. The van der Waals surface area contributed by atoms with Gasteiger partial charge in [0, 0.05) is 31.4 Å². The van der Waals surface area contributed by atoms with Crippen molar-refractivity contribution in [2.75, 3.05) is 4.90 Å². The number of carbonyl (C=O) groups is 1. The van der Waals surface area contributed by atoms with Crippen LogP contribution in [0.5, 0.6) is 0 Å². The Labute approximate surface area is 135 Å². The SMILES string of the molecule is Cn1cc(CCC(=O)N(c2ccc(F)cc2)C2CCCC2)cn1. The Morgan fingerprint density at radius 2 is 2.00 bits per heavy atom. The number of halogens is 1. The molecule has 1 aromatic heterocycles. The van der Waals surface area contributed by atoms with E-state index in [9.17, 15) is 9.18 Å². The summed E-state index contributed by atoms with van der Waals surface area (Å²) in [5.74, 6) is -0.171. The van der Waals surface area contributed by atoms with Crippen LogP contribution in [-0.4, -0.2) is 21.7 Å². The third kappa shape index (κ3) is 3.78. The number of amides is 1. The Bertz CT molecular complexity index is 659. The fourth-order valence-electron chi connectivity index (χ4n) is 3.30. The van der Waals surface area contributed by atoms with Crippen LogP contribution in [0.25, 0.3) is 0 Å². The summed E-state index contributed by atoms with van der Waals surface area (Å²) in [6.45, 7) is 0. The molecule has 0 bridgehead atoms. The summed E-state index contributed by atoms with van der Waals surface area (Å²) in [4.78, 5) is 14.7. The van der Waals surface area contributed by atoms with E-state index in [1.54, 1.807) is 23.0 Å². The predicted octanol–water partition coefficient (Wildman–Crippen LogP) is 3.47. The van der Waals surface area contributed by atoms with Crippen molar-refractivity contribution in [3.63, 3.8) is 0 Å². The summed E-state index contributed by atoms with van der Waals surface area (Å²) in [6.07, 6.45) is 9.20. The van der Waals surface area contributed by atoms with Crippen LogP contribution in [0.1, 0.15) is 37.7 Å². The number of hydrogen-bond donors (Lipinski definition) is 0. The zero-order valence-corrected chi connectivity index (χ0v) is 13.4. The minimum Gasteiger partial charge on any atom is -0.309 e. The Balaban J connectivity index is 1.74. The number of carbonyl (C=O) groups excluding carboxylic acids is 1. The van der Waals surface area contributed by atoms with Gasteiger partial charge in [0.15, 0.2) is 0 Å². The van der Waals surface area contributed by atoms with Gasteiger partial charge in [-0.25, -0.2) is 4.39 Å². The van der Waals surface area contributed by atoms with Gasteiger partial charge in [0.25, 0.3) is 0 Å². The van der Waals surface area contributed by atoms with Crippen LogP contribution >= 0.6 is 0 Å². The van der Waals surface area contributed by atoms with Crippen molar-refractivity contribution in [2.45, 2.75) is 44.6 Å². The van der Waals surface area contributed by atoms with Crippen molar-refractivity contribution in [2.24, 2.45) is 7.05 Å². The smallest absolute Gasteiger partial charge is 0.227 e. The molecule has 1 saturated carbocycles. The van der Waals surface area contributed by atoms with Crippen molar-refractivity contribution in [1.82, 2.24) is 9.78 Å². The molecule has 2 aromatic rings.